The van der Waals surface area contributed by atoms with E-state index in [0.29, 0.717) is 29.2 Å². The van der Waals surface area contributed by atoms with E-state index in [9.17, 15) is 23.1 Å². The molecule has 0 saturated carbocycles. The number of halogens is 3. The number of hydrogen-bond donors (Lipinski definition) is 2. The lowest BCUT2D eigenvalue weighted by atomic mass is 10.0. The Bertz CT molecular complexity index is 1230. The fraction of sp³-hybridized carbons (Fsp3) is 0.125. The van der Waals surface area contributed by atoms with Gasteiger partial charge in [-0.25, -0.2) is 0 Å². The van der Waals surface area contributed by atoms with Gasteiger partial charge in [0.1, 0.15) is 12.4 Å². The monoisotopic (exact) mass is 425 g/mol. The molecule has 158 valence electrons. The van der Waals surface area contributed by atoms with Gasteiger partial charge in [-0.15, -0.1) is 0 Å². The third-order valence-electron chi connectivity index (χ3n) is 4.95. The van der Waals surface area contributed by atoms with E-state index in [2.05, 4.69) is 4.98 Å². The second-order valence-corrected chi connectivity index (χ2v) is 7.08. The van der Waals surface area contributed by atoms with E-state index in [1.165, 1.54) is 12.1 Å². The first-order chi connectivity index (χ1) is 14.8. The van der Waals surface area contributed by atoms with Gasteiger partial charge in [0, 0.05) is 10.9 Å². The Labute approximate surface area is 175 Å². The van der Waals surface area contributed by atoms with Crippen LogP contribution in [0.1, 0.15) is 16.7 Å². The molecule has 0 atom stereocenters. The minimum Gasteiger partial charge on any atom is -0.489 e. The molecule has 2 N–H and O–H groups in total. The number of carboxylic acid groups (broad SMARTS) is 1. The summed E-state index contributed by atoms with van der Waals surface area (Å²) < 4.78 is 46.3. The van der Waals surface area contributed by atoms with Gasteiger partial charge in [-0.1, -0.05) is 54.6 Å². The van der Waals surface area contributed by atoms with Gasteiger partial charge >= 0.3 is 12.1 Å². The Morgan fingerprint density at radius 3 is 2.42 bits per heavy atom. The third-order valence-corrected chi connectivity index (χ3v) is 4.95. The number of aromatic amines is 1. The normalized spacial score (nSPS) is 11.6. The lowest BCUT2D eigenvalue weighted by molar-refractivity contribution is -0.137. The van der Waals surface area contributed by atoms with Crippen LogP contribution in [0.5, 0.6) is 5.75 Å². The molecule has 0 aliphatic rings. The summed E-state index contributed by atoms with van der Waals surface area (Å²) in [5, 5.41) is 9.59. The molecular weight excluding hydrogens is 407 g/mol. The Kier molecular flexibility index (Phi) is 5.42. The molecule has 0 spiro atoms. The van der Waals surface area contributed by atoms with Crippen molar-refractivity contribution >= 4 is 16.9 Å². The molecule has 0 aliphatic carbocycles. The van der Waals surface area contributed by atoms with E-state index in [1.807, 2.05) is 30.3 Å². The number of fused-ring (bicyclic) bond motifs is 1. The number of H-pyrrole nitrogens is 1. The predicted molar refractivity (Wildman–Crippen MR) is 111 cm³/mol. The standard InChI is InChI=1S/C24H18F3NO3/c25-24(26,27)20-11-5-10-18-19(13-21(29)30)22(28-23(18)20)16-8-4-9-17(12-16)31-14-15-6-2-1-3-7-15/h1-12,28H,13-14H2,(H,29,30). The highest BCUT2D eigenvalue weighted by Gasteiger charge is 2.34. The minimum absolute atomic E-state index is 0.128. The van der Waals surface area contributed by atoms with E-state index < -0.39 is 24.1 Å². The third kappa shape index (κ3) is 4.40. The van der Waals surface area contributed by atoms with Crippen molar-refractivity contribution in [2.75, 3.05) is 0 Å². The van der Waals surface area contributed by atoms with Crippen molar-refractivity contribution in [1.29, 1.82) is 0 Å². The highest BCUT2D eigenvalue weighted by Crippen LogP contribution is 2.39. The fourth-order valence-electron chi connectivity index (χ4n) is 3.57. The summed E-state index contributed by atoms with van der Waals surface area (Å²) >= 11 is 0. The van der Waals surface area contributed by atoms with E-state index in [4.69, 9.17) is 4.74 Å². The Balaban J connectivity index is 1.77. The summed E-state index contributed by atoms with van der Waals surface area (Å²) in [6, 6.07) is 20.2. The maximum atomic E-state index is 13.5. The lowest BCUT2D eigenvalue weighted by Crippen LogP contribution is -2.05. The molecule has 3 aromatic carbocycles. The molecule has 4 aromatic rings. The zero-order valence-electron chi connectivity index (χ0n) is 16.2. The largest absolute Gasteiger partial charge is 0.489 e. The van der Waals surface area contributed by atoms with Crippen molar-refractivity contribution < 1.29 is 27.8 Å². The molecular formula is C24H18F3NO3. The summed E-state index contributed by atoms with van der Waals surface area (Å²) in [7, 11) is 0. The van der Waals surface area contributed by atoms with Crippen LogP contribution >= 0.6 is 0 Å². The van der Waals surface area contributed by atoms with Gasteiger partial charge in [-0.05, 0) is 29.3 Å². The average molecular weight is 425 g/mol. The number of aromatic nitrogens is 1. The number of benzene rings is 3. The number of aliphatic carboxylic acids is 1. The van der Waals surface area contributed by atoms with Crippen LogP contribution in [0.3, 0.4) is 0 Å². The predicted octanol–water partition coefficient (Wildman–Crippen LogP) is 6.06. The maximum Gasteiger partial charge on any atom is 0.418 e. The van der Waals surface area contributed by atoms with Crippen LogP contribution < -0.4 is 4.74 Å². The molecule has 7 heteroatoms. The van der Waals surface area contributed by atoms with Crippen molar-refractivity contribution in [3.8, 4) is 17.0 Å². The summed E-state index contributed by atoms with van der Waals surface area (Å²) in [6.07, 6.45) is -4.98. The van der Waals surface area contributed by atoms with Crippen LogP contribution in [0, 0.1) is 0 Å². The van der Waals surface area contributed by atoms with E-state index in [0.717, 1.165) is 11.6 Å². The van der Waals surface area contributed by atoms with E-state index in [-0.39, 0.29) is 10.9 Å². The quantitative estimate of drug-likeness (QED) is 0.395. The van der Waals surface area contributed by atoms with Gasteiger partial charge in [-0.2, -0.15) is 13.2 Å². The van der Waals surface area contributed by atoms with Crippen LogP contribution in [0.2, 0.25) is 0 Å². The molecule has 4 rings (SSSR count). The molecule has 0 unspecified atom stereocenters. The molecule has 1 heterocycles. The molecule has 0 saturated heterocycles. The number of carboxylic acids is 1. The first-order valence-electron chi connectivity index (χ1n) is 9.52. The van der Waals surface area contributed by atoms with E-state index >= 15 is 0 Å². The second kappa shape index (κ2) is 8.18. The van der Waals surface area contributed by atoms with E-state index in [1.54, 1.807) is 24.3 Å². The lowest BCUT2D eigenvalue weighted by Gasteiger charge is -2.09. The van der Waals surface area contributed by atoms with Crippen LogP contribution in [0.25, 0.3) is 22.2 Å². The average Bonchev–Trinajstić information content (AvgIpc) is 3.10. The Morgan fingerprint density at radius 1 is 0.968 bits per heavy atom. The highest BCUT2D eigenvalue weighted by molar-refractivity contribution is 5.95. The van der Waals surface area contributed by atoms with Crippen LogP contribution in [-0.4, -0.2) is 16.1 Å². The van der Waals surface area contributed by atoms with Gasteiger partial charge in [0.25, 0.3) is 0 Å². The maximum absolute atomic E-state index is 13.5. The summed E-state index contributed by atoms with van der Waals surface area (Å²) in [4.78, 5) is 14.3. The molecule has 0 fully saturated rings. The minimum atomic E-state index is -4.57. The highest BCUT2D eigenvalue weighted by atomic mass is 19.4. The molecule has 0 radical (unpaired) electrons. The second-order valence-electron chi connectivity index (χ2n) is 7.08. The van der Waals surface area contributed by atoms with Gasteiger partial charge < -0.3 is 14.8 Å². The number of hydrogen-bond acceptors (Lipinski definition) is 2. The number of ether oxygens (including phenoxy) is 1. The van der Waals surface area contributed by atoms with Crippen molar-refractivity contribution in [3.05, 3.63) is 89.5 Å². The topological polar surface area (TPSA) is 62.3 Å². The molecule has 0 aliphatic heterocycles. The van der Waals surface area contributed by atoms with Gasteiger partial charge in [0.15, 0.2) is 0 Å². The molecule has 0 amide bonds. The zero-order chi connectivity index (χ0) is 22.0. The summed E-state index contributed by atoms with van der Waals surface area (Å²) in [5.41, 5.74) is 1.19. The van der Waals surface area contributed by atoms with Gasteiger partial charge in [-0.3, -0.25) is 4.79 Å². The zero-order valence-corrected chi connectivity index (χ0v) is 16.2. The fourth-order valence-corrected chi connectivity index (χ4v) is 3.57. The van der Waals surface area contributed by atoms with Crippen molar-refractivity contribution in [2.24, 2.45) is 0 Å². The number of alkyl halides is 3. The SMILES string of the molecule is O=C(O)Cc1c(-c2cccc(OCc3ccccc3)c2)[nH]c2c(C(F)(F)F)cccc12. The van der Waals surface area contributed by atoms with Crippen LogP contribution in [0.15, 0.2) is 72.8 Å². The Morgan fingerprint density at radius 2 is 1.71 bits per heavy atom. The number of para-hydroxylation sites is 1. The summed E-state index contributed by atoms with van der Waals surface area (Å²) in [6.45, 7) is 0.331. The van der Waals surface area contributed by atoms with Crippen LogP contribution in [-0.2, 0) is 24.0 Å². The molecule has 0 bridgehead atoms. The smallest absolute Gasteiger partial charge is 0.418 e. The van der Waals surface area contributed by atoms with Crippen molar-refractivity contribution in [2.45, 2.75) is 19.2 Å². The first kappa shape index (κ1) is 20.5. The van der Waals surface area contributed by atoms with Gasteiger partial charge in [0.05, 0.1) is 23.2 Å². The number of rotatable bonds is 6. The Hall–Kier alpha value is -3.74. The van der Waals surface area contributed by atoms with Crippen molar-refractivity contribution in [1.82, 2.24) is 4.98 Å². The first-order valence-corrected chi connectivity index (χ1v) is 9.52. The summed E-state index contributed by atoms with van der Waals surface area (Å²) in [5.74, 6) is -0.603. The van der Waals surface area contributed by atoms with Crippen LogP contribution in [0.4, 0.5) is 13.2 Å². The number of nitrogens with one attached hydrogen (secondary N) is 1. The molecule has 4 nitrogen and oxygen atoms in total. The molecule has 1 aromatic heterocycles. The van der Waals surface area contributed by atoms with Gasteiger partial charge in [0.2, 0.25) is 0 Å². The molecule has 31 heavy (non-hydrogen) atoms. The number of carbonyl (C=O) groups is 1. The van der Waals surface area contributed by atoms with Crippen molar-refractivity contribution in [3.63, 3.8) is 0 Å².